The van der Waals surface area contributed by atoms with Crippen LogP contribution in [0.1, 0.15) is 27.9 Å². The van der Waals surface area contributed by atoms with Gasteiger partial charge in [-0.05, 0) is 23.3 Å². The average molecular weight is 214 g/mol. The molecular formula is C13H14N2O. The Kier molecular flexibility index (Phi) is 3.23. The largest absolute Gasteiger partial charge is 0.351 e. The molecule has 2 N–H and O–H groups in total. The second-order valence-corrected chi connectivity index (χ2v) is 3.80. The van der Waals surface area contributed by atoms with Gasteiger partial charge in [0.1, 0.15) is 0 Å². The van der Waals surface area contributed by atoms with Crippen molar-refractivity contribution in [3.63, 3.8) is 0 Å². The van der Waals surface area contributed by atoms with Crippen molar-refractivity contribution in [2.45, 2.75) is 19.5 Å². The molecule has 1 heterocycles. The van der Waals surface area contributed by atoms with E-state index in [0.29, 0.717) is 18.5 Å². The zero-order valence-electron chi connectivity index (χ0n) is 9.05. The van der Waals surface area contributed by atoms with E-state index in [1.807, 2.05) is 18.2 Å². The molecule has 0 saturated carbocycles. The molecule has 2 rings (SSSR count). The van der Waals surface area contributed by atoms with Crippen molar-refractivity contribution in [1.82, 2.24) is 10.6 Å². The van der Waals surface area contributed by atoms with E-state index in [9.17, 15) is 4.79 Å². The molecular weight excluding hydrogens is 200 g/mol. The van der Waals surface area contributed by atoms with Gasteiger partial charge in [0, 0.05) is 31.6 Å². The molecule has 1 aromatic rings. The normalized spacial score (nSPS) is 12.9. The molecule has 1 aliphatic rings. The number of benzene rings is 1. The molecule has 0 unspecified atom stereocenters. The molecule has 1 aromatic carbocycles. The van der Waals surface area contributed by atoms with Crippen molar-refractivity contribution < 1.29 is 4.79 Å². The van der Waals surface area contributed by atoms with Crippen LogP contribution in [0.2, 0.25) is 0 Å². The zero-order valence-corrected chi connectivity index (χ0v) is 9.05. The molecule has 0 fully saturated rings. The summed E-state index contributed by atoms with van der Waals surface area (Å²) in [6.45, 7) is 2.28. The van der Waals surface area contributed by atoms with E-state index in [-0.39, 0.29) is 5.91 Å². The summed E-state index contributed by atoms with van der Waals surface area (Å²) >= 11 is 0. The van der Waals surface area contributed by atoms with E-state index in [1.54, 1.807) is 0 Å². The van der Waals surface area contributed by atoms with Crippen LogP contribution in [0.25, 0.3) is 0 Å². The van der Waals surface area contributed by atoms with Crippen LogP contribution >= 0.6 is 0 Å². The van der Waals surface area contributed by atoms with E-state index < -0.39 is 0 Å². The lowest BCUT2D eigenvalue weighted by Gasteiger charge is -2.05. The van der Waals surface area contributed by atoms with Crippen molar-refractivity contribution in [1.29, 1.82) is 0 Å². The maximum Gasteiger partial charge on any atom is 0.251 e. The molecule has 1 aliphatic heterocycles. The maximum absolute atomic E-state index is 11.7. The van der Waals surface area contributed by atoms with Gasteiger partial charge in [-0.15, -0.1) is 12.3 Å². The first-order valence-corrected chi connectivity index (χ1v) is 5.35. The third kappa shape index (κ3) is 2.23. The number of nitrogens with one attached hydrogen (secondary N) is 2. The maximum atomic E-state index is 11.7. The highest BCUT2D eigenvalue weighted by atomic mass is 16.1. The first kappa shape index (κ1) is 10.7. The van der Waals surface area contributed by atoms with Gasteiger partial charge in [0.05, 0.1) is 0 Å². The Hall–Kier alpha value is -1.79. The van der Waals surface area contributed by atoms with E-state index in [1.165, 1.54) is 11.1 Å². The number of terminal acetylenes is 1. The number of carbonyl (C=O) groups is 1. The Balaban J connectivity index is 2.04. The molecule has 0 aromatic heterocycles. The van der Waals surface area contributed by atoms with Crippen LogP contribution < -0.4 is 10.6 Å². The molecule has 16 heavy (non-hydrogen) atoms. The number of hydrogen-bond donors (Lipinski definition) is 2. The Morgan fingerprint density at radius 2 is 2.25 bits per heavy atom. The summed E-state index contributed by atoms with van der Waals surface area (Å²) in [5.41, 5.74) is 3.20. The van der Waals surface area contributed by atoms with Gasteiger partial charge < -0.3 is 10.6 Å². The second kappa shape index (κ2) is 4.82. The lowest BCUT2D eigenvalue weighted by Crippen LogP contribution is -2.24. The van der Waals surface area contributed by atoms with Gasteiger partial charge >= 0.3 is 0 Å². The molecule has 0 bridgehead atoms. The fraction of sp³-hybridized carbons (Fsp3) is 0.308. The summed E-state index contributed by atoms with van der Waals surface area (Å²) in [5.74, 6) is 2.44. The molecule has 3 nitrogen and oxygen atoms in total. The van der Waals surface area contributed by atoms with Gasteiger partial charge in [-0.3, -0.25) is 4.79 Å². The van der Waals surface area contributed by atoms with Crippen LogP contribution in [-0.2, 0) is 13.1 Å². The first-order chi connectivity index (χ1) is 7.81. The highest BCUT2D eigenvalue weighted by molar-refractivity contribution is 5.94. The van der Waals surface area contributed by atoms with E-state index in [0.717, 1.165) is 13.1 Å². The van der Waals surface area contributed by atoms with Crippen molar-refractivity contribution in [2.24, 2.45) is 0 Å². The summed E-state index contributed by atoms with van der Waals surface area (Å²) in [6.07, 6.45) is 5.69. The molecule has 0 aliphatic carbocycles. The molecule has 0 atom stereocenters. The number of carbonyl (C=O) groups excluding carboxylic acids is 1. The minimum absolute atomic E-state index is 0.0510. The van der Waals surface area contributed by atoms with Crippen molar-refractivity contribution in [3.8, 4) is 12.3 Å². The predicted octanol–water partition coefficient (Wildman–Crippen LogP) is 1.04. The Labute approximate surface area is 95.2 Å². The molecule has 0 radical (unpaired) electrons. The Bertz CT molecular complexity index is 446. The van der Waals surface area contributed by atoms with Crippen LogP contribution in [0.15, 0.2) is 18.2 Å². The average Bonchev–Trinajstić information content (AvgIpc) is 2.76. The van der Waals surface area contributed by atoms with Crippen LogP contribution in [0, 0.1) is 12.3 Å². The Morgan fingerprint density at radius 1 is 1.44 bits per heavy atom. The molecule has 82 valence electrons. The lowest BCUT2D eigenvalue weighted by molar-refractivity contribution is 0.0954. The van der Waals surface area contributed by atoms with Gasteiger partial charge in [-0.2, -0.15) is 0 Å². The van der Waals surface area contributed by atoms with Crippen LogP contribution in [-0.4, -0.2) is 12.5 Å². The van der Waals surface area contributed by atoms with Crippen LogP contribution in [0.4, 0.5) is 0 Å². The summed E-state index contributed by atoms with van der Waals surface area (Å²) in [7, 11) is 0. The Morgan fingerprint density at radius 3 is 3.06 bits per heavy atom. The van der Waals surface area contributed by atoms with Crippen molar-refractivity contribution in [2.75, 3.05) is 6.54 Å². The van der Waals surface area contributed by atoms with Gasteiger partial charge in [0.15, 0.2) is 0 Å². The minimum atomic E-state index is -0.0510. The monoisotopic (exact) mass is 214 g/mol. The molecule has 3 heteroatoms. The van der Waals surface area contributed by atoms with Crippen LogP contribution in [0.3, 0.4) is 0 Å². The zero-order chi connectivity index (χ0) is 11.4. The first-order valence-electron chi connectivity index (χ1n) is 5.35. The minimum Gasteiger partial charge on any atom is -0.351 e. The standard InChI is InChI=1S/C13H14N2O/c1-2-3-6-15-13(16)10-4-5-11-8-14-9-12(11)7-10/h1,4-5,7,14H,3,6,8-9H2,(H,15,16). The lowest BCUT2D eigenvalue weighted by atomic mass is 10.1. The van der Waals surface area contributed by atoms with Crippen molar-refractivity contribution >= 4 is 5.91 Å². The van der Waals surface area contributed by atoms with Crippen LogP contribution in [0.5, 0.6) is 0 Å². The number of rotatable bonds is 3. The van der Waals surface area contributed by atoms with Gasteiger partial charge in [0.25, 0.3) is 5.91 Å². The quantitative estimate of drug-likeness (QED) is 0.583. The van der Waals surface area contributed by atoms with Gasteiger partial charge in [-0.25, -0.2) is 0 Å². The molecule has 0 saturated heterocycles. The predicted molar refractivity (Wildman–Crippen MR) is 62.8 cm³/mol. The van der Waals surface area contributed by atoms with E-state index in [4.69, 9.17) is 6.42 Å². The summed E-state index contributed by atoms with van der Waals surface area (Å²) < 4.78 is 0. The third-order valence-corrected chi connectivity index (χ3v) is 2.65. The number of hydrogen-bond acceptors (Lipinski definition) is 2. The summed E-state index contributed by atoms with van der Waals surface area (Å²) in [4.78, 5) is 11.7. The SMILES string of the molecule is C#CCCNC(=O)c1ccc2c(c1)CNC2. The van der Waals surface area contributed by atoms with Crippen molar-refractivity contribution in [3.05, 3.63) is 34.9 Å². The number of amides is 1. The highest BCUT2D eigenvalue weighted by Gasteiger charge is 2.12. The summed E-state index contributed by atoms with van der Waals surface area (Å²) in [6, 6.07) is 5.81. The van der Waals surface area contributed by atoms with E-state index >= 15 is 0 Å². The fourth-order valence-electron chi connectivity index (χ4n) is 1.79. The van der Waals surface area contributed by atoms with Gasteiger partial charge in [-0.1, -0.05) is 6.07 Å². The smallest absolute Gasteiger partial charge is 0.251 e. The third-order valence-electron chi connectivity index (χ3n) is 2.65. The number of fused-ring (bicyclic) bond motifs is 1. The summed E-state index contributed by atoms with van der Waals surface area (Å²) in [5, 5.41) is 6.04. The molecule has 1 amide bonds. The topological polar surface area (TPSA) is 41.1 Å². The second-order valence-electron chi connectivity index (χ2n) is 3.80. The van der Waals surface area contributed by atoms with E-state index in [2.05, 4.69) is 16.6 Å². The highest BCUT2D eigenvalue weighted by Crippen LogP contribution is 2.16. The molecule has 0 spiro atoms. The van der Waals surface area contributed by atoms with Gasteiger partial charge in [0.2, 0.25) is 0 Å². The fourth-order valence-corrected chi connectivity index (χ4v) is 1.79.